The summed E-state index contributed by atoms with van der Waals surface area (Å²) in [5, 5.41) is 18.6. The number of carboxylic acid groups (broad SMARTS) is 2. The lowest BCUT2D eigenvalue weighted by molar-refractivity contribution is -0.175. The second-order valence-corrected chi connectivity index (χ2v) is 7.68. The summed E-state index contributed by atoms with van der Waals surface area (Å²) in [6.07, 6.45) is 2.93. The zero-order valence-electron chi connectivity index (χ0n) is 14.6. The minimum absolute atomic E-state index is 0.185. The predicted molar refractivity (Wildman–Crippen MR) is 86.4 cm³/mol. The highest BCUT2D eigenvalue weighted by Crippen LogP contribution is 2.37. The highest BCUT2D eigenvalue weighted by atomic mass is 16.6. The summed E-state index contributed by atoms with van der Waals surface area (Å²) in [6.45, 7) is 3.87. The first-order valence-electron chi connectivity index (χ1n) is 8.91. The molecule has 2 aliphatic rings. The second-order valence-electron chi connectivity index (χ2n) is 7.68. The number of rotatable bonds is 4. The van der Waals surface area contributed by atoms with Crippen molar-refractivity contribution in [2.75, 3.05) is 0 Å². The van der Waals surface area contributed by atoms with Crippen molar-refractivity contribution in [1.82, 2.24) is 0 Å². The van der Waals surface area contributed by atoms with E-state index in [1.54, 1.807) is 0 Å². The van der Waals surface area contributed by atoms with E-state index in [2.05, 4.69) is 0 Å². The third-order valence-corrected chi connectivity index (χ3v) is 5.67. The normalized spacial score (nSPS) is 35.6. The Labute approximate surface area is 146 Å². The van der Waals surface area contributed by atoms with Gasteiger partial charge in [0.2, 0.25) is 0 Å². The van der Waals surface area contributed by atoms with E-state index in [1.165, 1.54) is 0 Å². The maximum atomic E-state index is 12.4. The van der Waals surface area contributed by atoms with Gasteiger partial charge in [-0.05, 0) is 50.4 Å². The Morgan fingerprint density at radius 1 is 0.680 bits per heavy atom. The number of carbonyl (C=O) groups is 4. The molecule has 0 aromatic rings. The van der Waals surface area contributed by atoms with Gasteiger partial charge in [-0.1, -0.05) is 13.8 Å². The number of hydrogen-bond donors (Lipinski definition) is 2. The third-order valence-electron chi connectivity index (χ3n) is 5.67. The molecule has 0 heterocycles. The summed E-state index contributed by atoms with van der Waals surface area (Å²) in [6, 6.07) is 0. The van der Waals surface area contributed by atoms with Gasteiger partial charge in [-0.2, -0.15) is 0 Å². The first kappa shape index (κ1) is 19.4. The monoisotopic (exact) mass is 354 g/mol. The Kier molecular flexibility index (Phi) is 6.19. The summed E-state index contributed by atoms with van der Waals surface area (Å²) < 4.78 is 4.98. The standard InChI is InChI=1S/C18H26O7/c1-9-3-5-11(15(19)20)13(7-9)17(23)25-18(24)14-8-10(2)4-6-12(14)16(21)22/h9-14H,3-8H2,1-2H3,(H,19,20)(H,21,22). The lowest BCUT2D eigenvalue weighted by Gasteiger charge is -2.32. The molecule has 0 aromatic heterocycles. The molecule has 0 saturated heterocycles. The van der Waals surface area contributed by atoms with Gasteiger partial charge in [-0.25, -0.2) is 0 Å². The molecule has 2 fully saturated rings. The predicted octanol–water partition coefficient (Wildman–Crippen LogP) is 2.33. The minimum atomic E-state index is -1.06. The van der Waals surface area contributed by atoms with Crippen molar-refractivity contribution in [1.29, 1.82) is 0 Å². The van der Waals surface area contributed by atoms with Crippen LogP contribution in [0, 0.1) is 35.5 Å². The fourth-order valence-electron chi connectivity index (χ4n) is 4.12. The van der Waals surface area contributed by atoms with Crippen molar-refractivity contribution in [3.05, 3.63) is 0 Å². The third kappa shape index (κ3) is 4.58. The molecule has 0 bridgehead atoms. The summed E-state index contributed by atoms with van der Waals surface area (Å²) in [7, 11) is 0. The summed E-state index contributed by atoms with van der Waals surface area (Å²) >= 11 is 0. The number of hydrogen-bond acceptors (Lipinski definition) is 5. The Bertz CT molecular complexity index is 508. The number of ether oxygens (including phenoxy) is 1. The molecule has 7 nitrogen and oxygen atoms in total. The Hall–Kier alpha value is -1.92. The van der Waals surface area contributed by atoms with Crippen molar-refractivity contribution in [3.8, 4) is 0 Å². The molecule has 0 aromatic carbocycles. The number of carbonyl (C=O) groups excluding carboxylic acids is 2. The quantitative estimate of drug-likeness (QED) is 0.587. The average molecular weight is 354 g/mol. The molecule has 0 radical (unpaired) electrons. The van der Waals surface area contributed by atoms with Gasteiger partial charge in [0.15, 0.2) is 0 Å². The Balaban J connectivity index is 2.08. The molecular weight excluding hydrogens is 328 g/mol. The van der Waals surface area contributed by atoms with E-state index in [-0.39, 0.29) is 11.8 Å². The maximum Gasteiger partial charge on any atom is 0.317 e. The van der Waals surface area contributed by atoms with Gasteiger partial charge in [0.25, 0.3) is 0 Å². The highest BCUT2D eigenvalue weighted by molar-refractivity contribution is 5.92. The summed E-state index contributed by atoms with van der Waals surface area (Å²) in [5.41, 5.74) is 0. The van der Waals surface area contributed by atoms with Crippen LogP contribution in [0.5, 0.6) is 0 Å². The van der Waals surface area contributed by atoms with E-state index < -0.39 is 47.5 Å². The van der Waals surface area contributed by atoms with Gasteiger partial charge in [0.05, 0.1) is 23.7 Å². The fourth-order valence-corrected chi connectivity index (χ4v) is 4.12. The molecule has 2 aliphatic carbocycles. The lowest BCUT2D eigenvalue weighted by atomic mass is 9.74. The SMILES string of the molecule is CC1CCC(C(=O)O)C(C(=O)OC(=O)C2CC(C)CCC2C(=O)O)C1. The smallest absolute Gasteiger partial charge is 0.317 e. The molecule has 140 valence electrons. The van der Waals surface area contributed by atoms with E-state index in [9.17, 15) is 29.4 Å². The van der Waals surface area contributed by atoms with Gasteiger partial charge in [-0.3, -0.25) is 19.2 Å². The molecular formula is C18H26O7. The van der Waals surface area contributed by atoms with Crippen LogP contribution in [-0.2, 0) is 23.9 Å². The van der Waals surface area contributed by atoms with Crippen molar-refractivity contribution >= 4 is 23.9 Å². The molecule has 0 spiro atoms. The van der Waals surface area contributed by atoms with Gasteiger partial charge in [-0.15, -0.1) is 0 Å². The number of aliphatic carboxylic acids is 2. The van der Waals surface area contributed by atoms with Crippen molar-refractivity contribution in [2.45, 2.75) is 52.4 Å². The van der Waals surface area contributed by atoms with Crippen molar-refractivity contribution in [3.63, 3.8) is 0 Å². The van der Waals surface area contributed by atoms with Gasteiger partial charge in [0, 0.05) is 0 Å². The van der Waals surface area contributed by atoms with E-state index in [4.69, 9.17) is 4.74 Å². The second kappa shape index (κ2) is 7.97. The molecule has 6 atom stereocenters. The summed E-state index contributed by atoms with van der Waals surface area (Å²) in [4.78, 5) is 47.6. The maximum absolute atomic E-state index is 12.4. The van der Waals surface area contributed by atoms with Crippen LogP contribution in [0.1, 0.15) is 52.4 Å². The van der Waals surface area contributed by atoms with Crippen LogP contribution >= 0.6 is 0 Å². The summed E-state index contributed by atoms with van der Waals surface area (Å²) in [5.74, 6) is -6.81. The van der Waals surface area contributed by atoms with Crippen molar-refractivity contribution < 1.29 is 34.1 Å². The molecule has 25 heavy (non-hydrogen) atoms. The lowest BCUT2D eigenvalue weighted by Crippen LogP contribution is -2.40. The van der Waals surface area contributed by atoms with Crippen LogP contribution in [0.15, 0.2) is 0 Å². The van der Waals surface area contributed by atoms with Crippen LogP contribution < -0.4 is 0 Å². The van der Waals surface area contributed by atoms with Crippen LogP contribution in [-0.4, -0.2) is 34.1 Å². The number of esters is 2. The molecule has 2 rings (SSSR count). The molecule has 2 N–H and O–H groups in total. The highest BCUT2D eigenvalue weighted by Gasteiger charge is 2.43. The topological polar surface area (TPSA) is 118 Å². The fraction of sp³-hybridized carbons (Fsp3) is 0.778. The Morgan fingerprint density at radius 2 is 1.04 bits per heavy atom. The van der Waals surface area contributed by atoms with Crippen LogP contribution in [0.2, 0.25) is 0 Å². The first-order valence-corrected chi connectivity index (χ1v) is 8.91. The molecule has 7 heteroatoms. The molecule has 0 aliphatic heterocycles. The van der Waals surface area contributed by atoms with Crippen LogP contribution in [0.4, 0.5) is 0 Å². The first-order chi connectivity index (χ1) is 11.7. The molecule has 0 amide bonds. The minimum Gasteiger partial charge on any atom is -0.481 e. The number of carboxylic acids is 2. The van der Waals surface area contributed by atoms with E-state index in [0.29, 0.717) is 25.7 Å². The van der Waals surface area contributed by atoms with Gasteiger partial charge in [0.1, 0.15) is 0 Å². The van der Waals surface area contributed by atoms with E-state index in [0.717, 1.165) is 12.8 Å². The van der Waals surface area contributed by atoms with Crippen molar-refractivity contribution in [2.24, 2.45) is 35.5 Å². The van der Waals surface area contributed by atoms with Gasteiger partial charge >= 0.3 is 23.9 Å². The van der Waals surface area contributed by atoms with E-state index in [1.807, 2.05) is 13.8 Å². The largest absolute Gasteiger partial charge is 0.481 e. The van der Waals surface area contributed by atoms with Gasteiger partial charge < -0.3 is 14.9 Å². The zero-order valence-corrected chi connectivity index (χ0v) is 14.6. The van der Waals surface area contributed by atoms with Crippen LogP contribution in [0.25, 0.3) is 0 Å². The Morgan fingerprint density at radius 3 is 1.36 bits per heavy atom. The zero-order chi connectivity index (χ0) is 18.7. The molecule has 2 saturated carbocycles. The average Bonchev–Trinajstić information content (AvgIpc) is 2.53. The van der Waals surface area contributed by atoms with E-state index >= 15 is 0 Å². The van der Waals surface area contributed by atoms with Crippen LogP contribution in [0.3, 0.4) is 0 Å². The molecule has 6 unspecified atom stereocenters.